The van der Waals surface area contributed by atoms with Crippen LogP contribution in [0, 0.1) is 0 Å². The van der Waals surface area contributed by atoms with E-state index in [-0.39, 0.29) is 35.4 Å². The van der Waals surface area contributed by atoms with Crippen molar-refractivity contribution in [2.75, 3.05) is 18.9 Å². The summed E-state index contributed by atoms with van der Waals surface area (Å²) >= 11 is 0. The maximum absolute atomic E-state index is 12.6. The zero-order chi connectivity index (χ0) is 36.1. The van der Waals surface area contributed by atoms with Gasteiger partial charge in [0.2, 0.25) is 5.91 Å². The predicted molar refractivity (Wildman–Crippen MR) is 154 cm³/mol. The minimum Gasteiger partial charge on any atom is -0.387 e. The summed E-state index contributed by atoms with van der Waals surface area (Å²) in [5.74, 6) is -0.861. The van der Waals surface area contributed by atoms with Crippen LogP contribution in [0.1, 0.15) is 19.1 Å². The lowest BCUT2D eigenvalue weighted by Gasteiger charge is -2.36. The van der Waals surface area contributed by atoms with Crippen molar-refractivity contribution in [3.63, 3.8) is 0 Å². The van der Waals surface area contributed by atoms with Gasteiger partial charge in [-0.2, -0.15) is 4.31 Å². The maximum Gasteiger partial charge on any atom is 0.481 e. The van der Waals surface area contributed by atoms with Crippen molar-refractivity contribution >= 4 is 46.4 Å². The largest absolute Gasteiger partial charge is 0.481 e. The van der Waals surface area contributed by atoms with Gasteiger partial charge in [-0.05, 0) is 12.8 Å². The lowest BCUT2D eigenvalue weighted by molar-refractivity contribution is -0.137. The summed E-state index contributed by atoms with van der Waals surface area (Å²) in [7, 11) is -16.4. The highest BCUT2D eigenvalue weighted by Crippen LogP contribution is 2.61. The third-order valence-corrected chi connectivity index (χ3v) is 10.6. The molecular formula is C21H32N7O18P3. The van der Waals surface area contributed by atoms with E-state index in [1.54, 1.807) is 0 Å². The van der Waals surface area contributed by atoms with E-state index in [2.05, 4.69) is 28.3 Å². The molecule has 3 aliphatic rings. The third-order valence-electron chi connectivity index (χ3n) is 7.51. The van der Waals surface area contributed by atoms with Crippen LogP contribution < -0.4 is 11.5 Å². The number of hydrogen-bond acceptors (Lipinski definition) is 19. The van der Waals surface area contributed by atoms with Crippen molar-refractivity contribution in [2.24, 2.45) is 5.73 Å². The number of carbonyl (C=O) groups excluding carboxylic acids is 1. The molecule has 11 atom stereocenters. The molecule has 0 radical (unpaired) electrons. The van der Waals surface area contributed by atoms with Crippen molar-refractivity contribution in [1.82, 2.24) is 24.4 Å². The van der Waals surface area contributed by atoms with Crippen LogP contribution in [0.2, 0.25) is 0 Å². The molecule has 274 valence electrons. The molecule has 49 heavy (non-hydrogen) atoms. The Morgan fingerprint density at radius 3 is 2.14 bits per heavy atom. The number of anilines is 1. The summed E-state index contributed by atoms with van der Waals surface area (Å²) in [4.78, 5) is 63.3. The van der Waals surface area contributed by atoms with Gasteiger partial charge < -0.3 is 65.8 Å². The number of ether oxygens (including phenoxy) is 2. The normalized spacial score (nSPS) is 33.3. The molecule has 12 N–H and O–H groups in total. The van der Waals surface area contributed by atoms with Crippen molar-refractivity contribution < 1.29 is 85.8 Å². The van der Waals surface area contributed by atoms with E-state index >= 15 is 0 Å². The van der Waals surface area contributed by atoms with Gasteiger partial charge in [-0.25, -0.2) is 28.6 Å². The molecule has 0 bridgehead atoms. The van der Waals surface area contributed by atoms with Gasteiger partial charge in [0, 0.05) is 11.8 Å². The highest BCUT2D eigenvalue weighted by molar-refractivity contribution is 7.61. The highest BCUT2D eigenvalue weighted by Gasteiger charge is 2.51. The molecular weight excluding hydrogens is 731 g/mol. The van der Waals surface area contributed by atoms with Gasteiger partial charge in [0.05, 0.1) is 19.5 Å². The number of phosphoric acid groups is 3. The fourth-order valence-corrected chi connectivity index (χ4v) is 7.87. The fraction of sp³-hybridized carbons (Fsp3) is 0.619. The standard InChI is InChI=1S/C21H32N7O18P3/c22-17-12-19(25-6-24-17)28(7-26-12)21-16(45-47(34,35)36)14(31)10(44-21)5-42-49(39,40)46-48(37,38)41-4-9-13(30)15(32)20(43-9)27-3-8(18(23)33)1-2-11(27)29/h3,6-7,9-11,13-16,20-21,29-32H,1-2,4-5H2,(H2,23,33)(H,37,38)(H,39,40)(H2,22,24,25)(H2,34,35,36). The summed E-state index contributed by atoms with van der Waals surface area (Å²) in [5, 5.41) is 41.9. The number of nitrogen functional groups attached to an aromatic ring is 1. The Morgan fingerprint density at radius 1 is 0.918 bits per heavy atom. The zero-order valence-corrected chi connectivity index (χ0v) is 27.3. The highest BCUT2D eigenvalue weighted by atomic mass is 31.3. The number of aromatic nitrogens is 4. The second-order valence-corrected chi connectivity index (χ2v) is 15.1. The molecule has 0 spiro atoms. The van der Waals surface area contributed by atoms with E-state index in [4.69, 9.17) is 25.5 Å². The Balaban J connectivity index is 1.20. The van der Waals surface area contributed by atoms with Crippen LogP contribution in [0.5, 0.6) is 0 Å². The van der Waals surface area contributed by atoms with E-state index in [0.717, 1.165) is 28.3 Å². The van der Waals surface area contributed by atoms with Gasteiger partial charge in [-0.15, -0.1) is 0 Å². The minimum atomic E-state index is -5.55. The molecule has 0 aliphatic carbocycles. The van der Waals surface area contributed by atoms with Crippen molar-refractivity contribution in [3.8, 4) is 0 Å². The van der Waals surface area contributed by atoms with Crippen LogP contribution >= 0.6 is 23.5 Å². The van der Waals surface area contributed by atoms with Crippen LogP contribution in [-0.4, -0.2) is 133 Å². The van der Waals surface area contributed by atoms with Gasteiger partial charge in [-0.1, -0.05) is 0 Å². The molecule has 2 fully saturated rings. The molecule has 2 aromatic rings. The number of rotatable bonds is 13. The van der Waals surface area contributed by atoms with Crippen molar-refractivity contribution in [2.45, 2.75) is 68.1 Å². The summed E-state index contributed by atoms with van der Waals surface area (Å²) in [5.41, 5.74) is 11.2. The fourth-order valence-electron chi connectivity index (χ4n) is 5.23. The average Bonchev–Trinajstić information content (AvgIpc) is 3.64. The van der Waals surface area contributed by atoms with Crippen LogP contribution in [0.25, 0.3) is 11.2 Å². The smallest absolute Gasteiger partial charge is 0.387 e. The number of nitrogens with zero attached hydrogens (tertiary/aromatic N) is 5. The number of nitrogens with two attached hydrogens (primary N) is 2. The predicted octanol–water partition coefficient (Wildman–Crippen LogP) is -3.37. The SMILES string of the molecule is NC(=O)C1=CN(C2OC(COP(=O)(O)OP(=O)(O)OCC3OC(n4cnc5c(N)ncnc54)C(OP(=O)(O)O)C3O)C(O)C2O)C(O)CC1. The van der Waals surface area contributed by atoms with Crippen LogP contribution in [-0.2, 0) is 45.8 Å². The third kappa shape index (κ3) is 8.52. The first kappa shape index (κ1) is 37.7. The number of primary amides is 1. The van der Waals surface area contributed by atoms with Crippen LogP contribution in [0.15, 0.2) is 24.4 Å². The first-order chi connectivity index (χ1) is 22.8. The summed E-state index contributed by atoms with van der Waals surface area (Å²) in [6.07, 6.45) is -11.5. The topological polar surface area (TPSA) is 384 Å². The molecule has 2 aromatic heterocycles. The molecule has 28 heteroatoms. The number of fused-ring (bicyclic) bond motifs is 1. The van der Waals surface area contributed by atoms with Crippen LogP contribution in [0.4, 0.5) is 5.82 Å². The maximum atomic E-state index is 12.6. The number of carbonyl (C=O) groups is 1. The molecule has 1 amide bonds. The number of phosphoric ester groups is 3. The van der Waals surface area contributed by atoms with E-state index in [0.29, 0.717) is 0 Å². The van der Waals surface area contributed by atoms with Crippen LogP contribution in [0.3, 0.4) is 0 Å². The molecule has 25 nitrogen and oxygen atoms in total. The molecule has 0 saturated carbocycles. The monoisotopic (exact) mass is 763 g/mol. The average molecular weight is 763 g/mol. The molecule has 3 aliphatic heterocycles. The summed E-state index contributed by atoms with van der Waals surface area (Å²) in [6, 6.07) is 0. The number of amides is 1. The van der Waals surface area contributed by atoms with Gasteiger partial charge in [0.15, 0.2) is 23.9 Å². The number of aliphatic hydroxyl groups excluding tert-OH is 4. The van der Waals surface area contributed by atoms with E-state index in [9.17, 15) is 58.5 Å². The Morgan fingerprint density at radius 2 is 1.53 bits per heavy atom. The zero-order valence-electron chi connectivity index (χ0n) is 24.6. The molecule has 0 aromatic carbocycles. The number of aliphatic hydroxyl groups is 4. The molecule has 2 saturated heterocycles. The molecule has 11 unspecified atom stereocenters. The lowest BCUT2D eigenvalue weighted by atomic mass is 10.0. The first-order valence-corrected chi connectivity index (χ1v) is 18.4. The number of hydrogen-bond donors (Lipinski definition) is 10. The Kier molecular flexibility index (Phi) is 11.0. The minimum absolute atomic E-state index is 0.00528. The van der Waals surface area contributed by atoms with Gasteiger partial charge in [-0.3, -0.25) is 22.9 Å². The Hall–Kier alpha value is -2.51. The summed E-state index contributed by atoms with van der Waals surface area (Å²) < 4.78 is 67.2. The van der Waals surface area contributed by atoms with E-state index in [1.165, 1.54) is 0 Å². The second-order valence-electron chi connectivity index (χ2n) is 10.8. The summed E-state index contributed by atoms with van der Waals surface area (Å²) in [6.45, 7) is -2.10. The van der Waals surface area contributed by atoms with E-state index < -0.39 is 97.9 Å². The van der Waals surface area contributed by atoms with Crippen molar-refractivity contribution in [1.29, 1.82) is 0 Å². The lowest BCUT2D eigenvalue weighted by Crippen LogP contribution is -2.48. The van der Waals surface area contributed by atoms with Gasteiger partial charge in [0.1, 0.15) is 54.7 Å². The second kappa shape index (κ2) is 14.3. The van der Waals surface area contributed by atoms with E-state index in [1.807, 2.05) is 0 Å². The van der Waals surface area contributed by atoms with Gasteiger partial charge in [0.25, 0.3) is 0 Å². The first-order valence-electron chi connectivity index (χ1n) is 13.9. The van der Waals surface area contributed by atoms with Crippen molar-refractivity contribution in [3.05, 3.63) is 24.4 Å². The Labute approximate surface area is 274 Å². The Bertz CT molecular complexity index is 1720. The molecule has 5 rings (SSSR count). The quantitative estimate of drug-likeness (QED) is 0.0890. The number of imidazole rings is 1. The van der Waals surface area contributed by atoms with Gasteiger partial charge >= 0.3 is 23.5 Å². The molecule has 5 heterocycles.